The van der Waals surface area contributed by atoms with Gasteiger partial charge in [-0.2, -0.15) is 0 Å². The van der Waals surface area contributed by atoms with Crippen molar-refractivity contribution in [2.24, 2.45) is 0 Å². The maximum atomic E-state index is 5.63. The standard InChI is InChI=1S/C11H9N5/c12-8-3-1-7(2-4-8)10-15-9-5-13-6-14-11(9)16-10/h1-6H,12H2,(H,13,14,15,16). The smallest absolute Gasteiger partial charge is 0.181 e. The predicted octanol–water partition coefficient (Wildman–Crippen LogP) is 1.60. The van der Waals surface area contributed by atoms with Crippen LogP contribution in [0, 0.1) is 0 Å². The first-order chi connectivity index (χ1) is 7.83. The predicted molar refractivity (Wildman–Crippen MR) is 61.5 cm³/mol. The van der Waals surface area contributed by atoms with Crippen LogP contribution in [-0.4, -0.2) is 19.9 Å². The van der Waals surface area contributed by atoms with E-state index in [9.17, 15) is 0 Å². The third-order valence-corrected chi connectivity index (χ3v) is 2.35. The Labute approximate surface area is 91.4 Å². The molecule has 78 valence electrons. The normalized spacial score (nSPS) is 10.8. The van der Waals surface area contributed by atoms with E-state index in [2.05, 4.69) is 19.9 Å². The summed E-state index contributed by atoms with van der Waals surface area (Å²) in [5.41, 5.74) is 8.84. The summed E-state index contributed by atoms with van der Waals surface area (Å²) in [6.45, 7) is 0. The van der Waals surface area contributed by atoms with Gasteiger partial charge in [0.2, 0.25) is 0 Å². The zero-order valence-corrected chi connectivity index (χ0v) is 8.38. The van der Waals surface area contributed by atoms with Crippen LogP contribution in [0.15, 0.2) is 36.8 Å². The monoisotopic (exact) mass is 211 g/mol. The zero-order valence-electron chi connectivity index (χ0n) is 8.38. The molecule has 0 unspecified atom stereocenters. The largest absolute Gasteiger partial charge is 0.399 e. The summed E-state index contributed by atoms with van der Waals surface area (Å²) in [4.78, 5) is 15.5. The number of rotatable bonds is 1. The van der Waals surface area contributed by atoms with Crippen molar-refractivity contribution in [3.8, 4) is 11.4 Å². The number of nitrogen functional groups attached to an aromatic ring is 1. The highest BCUT2D eigenvalue weighted by molar-refractivity contribution is 5.75. The molecule has 0 saturated carbocycles. The van der Waals surface area contributed by atoms with Gasteiger partial charge in [-0.1, -0.05) is 0 Å². The average Bonchev–Trinajstić information content (AvgIpc) is 2.73. The highest BCUT2D eigenvalue weighted by Gasteiger charge is 2.05. The molecule has 0 spiro atoms. The first-order valence-electron chi connectivity index (χ1n) is 4.84. The number of nitrogens with zero attached hydrogens (tertiary/aromatic N) is 3. The lowest BCUT2D eigenvalue weighted by molar-refractivity contribution is 1.20. The van der Waals surface area contributed by atoms with Crippen LogP contribution in [0.4, 0.5) is 5.69 Å². The van der Waals surface area contributed by atoms with Gasteiger partial charge in [-0.05, 0) is 24.3 Å². The fourth-order valence-corrected chi connectivity index (χ4v) is 1.54. The van der Waals surface area contributed by atoms with E-state index in [0.717, 1.165) is 22.6 Å². The fraction of sp³-hybridized carbons (Fsp3) is 0. The van der Waals surface area contributed by atoms with Crippen molar-refractivity contribution in [3.05, 3.63) is 36.8 Å². The van der Waals surface area contributed by atoms with Gasteiger partial charge in [-0.25, -0.2) is 15.0 Å². The van der Waals surface area contributed by atoms with Crippen LogP contribution in [0.25, 0.3) is 22.6 Å². The molecule has 0 radical (unpaired) electrons. The van der Waals surface area contributed by atoms with Crippen molar-refractivity contribution in [2.75, 3.05) is 5.73 Å². The Bertz CT molecular complexity index is 593. The number of imidazole rings is 1. The number of fused-ring (bicyclic) bond motifs is 1. The minimum atomic E-state index is 0.668. The molecule has 2 heterocycles. The average molecular weight is 211 g/mol. The number of anilines is 1. The number of hydrogen-bond acceptors (Lipinski definition) is 4. The molecule has 0 aliphatic carbocycles. The van der Waals surface area contributed by atoms with Crippen molar-refractivity contribution in [1.82, 2.24) is 19.9 Å². The molecular formula is C11H9N5. The molecule has 3 N–H and O–H groups in total. The van der Waals surface area contributed by atoms with Gasteiger partial charge in [0.05, 0.1) is 6.20 Å². The molecule has 0 fully saturated rings. The molecule has 16 heavy (non-hydrogen) atoms. The van der Waals surface area contributed by atoms with Gasteiger partial charge in [0, 0.05) is 11.3 Å². The molecule has 5 heteroatoms. The van der Waals surface area contributed by atoms with Gasteiger partial charge in [0.15, 0.2) is 5.65 Å². The Morgan fingerprint density at radius 2 is 1.94 bits per heavy atom. The third-order valence-electron chi connectivity index (χ3n) is 2.35. The molecule has 0 bridgehead atoms. The highest BCUT2D eigenvalue weighted by Crippen LogP contribution is 2.19. The lowest BCUT2D eigenvalue weighted by Crippen LogP contribution is -1.84. The van der Waals surface area contributed by atoms with Crippen LogP contribution in [0.2, 0.25) is 0 Å². The number of nitrogens with two attached hydrogens (primary N) is 1. The van der Waals surface area contributed by atoms with Crippen molar-refractivity contribution < 1.29 is 0 Å². The lowest BCUT2D eigenvalue weighted by Gasteiger charge is -1.96. The second-order valence-corrected chi connectivity index (χ2v) is 3.47. The van der Waals surface area contributed by atoms with Crippen molar-refractivity contribution in [1.29, 1.82) is 0 Å². The van der Waals surface area contributed by atoms with Crippen molar-refractivity contribution >= 4 is 16.9 Å². The van der Waals surface area contributed by atoms with Gasteiger partial charge in [-0.3, -0.25) is 0 Å². The van der Waals surface area contributed by atoms with Crippen LogP contribution < -0.4 is 5.73 Å². The van der Waals surface area contributed by atoms with Gasteiger partial charge in [0.25, 0.3) is 0 Å². The maximum absolute atomic E-state index is 5.63. The van der Waals surface area contributed by atoms with E-state index in [1.165, 1.54) is 6.33 Å². The minimum Gasteiger partial charge on any atom is -0.399 e. The molecule has 0 aliphatic rings. The van der Waals surface area contributed by atoms with Gasteiger partial charge < -0.3 is 10.7 Å². The first-order valence-corrected chi connectivity index (χ1v) is 4.84. The lowest BCUT2D eigenvalue weighted by atomic mass is 10.2. The molecule has 0 atom stereocenters. The molecular weight excluding hydrogens is 202 g/mol. The minimum absolute atomic E-state index is 0.668. The first kappa shape index (κ1) is 8.84. The summed E-state index contributed by atoms with van der Waals surface area (Å²) < 4.78 is 0. The van der Waals surface area contributed by atoms with E-state index in [1.807, 2.05) is 24.3 Å². The van der Waals surface area contributed by atoms with Crippen LogP contribution in [0.5, 0.6) is 0 Å². The van der Waals surface area contributed by atoms with Crippen LogP contribution in [0.1, 0.15) is 0 Å². The van der Waals surface area contributed by atoms with E-state index in [-0.39, 0.29) is 0 Å². The topological polar surface area (TPSA) is 80.5 Å². The summed E-state index contributed by atoms with van der Waals surface area (Å²) >= 11 is 0. The van der Waals surface area contributed by atoms with Crippen LogP contribution >= 0.6 is 0 Å². The molecule has 0 aliphatic heterocycles. The van der Waals surface area contributed by atoms with Crippen LogP contribution in [-0.2, 0) is 0 Å². The SMILES string of the molecule is Nc1ccc(-c2nc3ncncc3[nH]2)cc1. The summed E-state index contributed by atoms with van der Waals surface area (Å²) in [7, 11) is 0. The molecule has 3 aromatic rings. The molecule has 1 aromatic carbocycles. The molecule has 3 rings (SSSR count). The zero-order chi connectivity index (χ0) is 11.0. The quantitative estimate of drug-likeness (QED) is 0.599. The molecule has 5 nitrogen and oxygen atoms in total. The maximum Gasteiger partial charge on any atom is 0.181 e. The third kappa shape index (κ3) is 1.38. The van der Waals surface area contributed by atoms with Gasteiger partial charge in [-0.15, -0.1) is 0 Å². The molecule has 0 amide bonds. The fourth-order valence-electron chi connectivity index (χ4n) is 1.54. The summed E-state index contributed by atoms with van der Waals surface area (Å²) in [5, 5.41) is 0. The number of hydrogen-bond donors (Lipinski definition) is 2. The molecule has 2 aromatic heterocycles. The summed E-state index contributed by atoms with van der Waals surface area (Å²) in [6.07, 6.45) is 3.19. The van der Waals surface area contributed by atoms with Gasteiger partial charge in [0.1, 0.15) is 17.7 Å². The Morgan fingerprint density at radius 3 is 2.69 bits per heavy atom. The Balaban J connectivity index is 2.15. The molecule has 0 saturated heterocycles. The number of aromatic amines is 1. The van der Waals surface area contributed by atoms with Gasteiger partial charge >= 0.3 is 0 Å². The van der Waals surface area contributed by atoms with Crippen molar-refractivity contribution in [2.45, 2.75) is 0 Å². The van der Waals surface area contributed by atoms with Crippen LogP contribution in [0.3, 0.4) is 0 Å². The Kier molecular flexibility index (Phi) is 1.83. The number of benzene rings is 1. The van der Waals surface area contributed by atoms with E-state index in [1.54, 1.807) is 6.20 Å². The van der Waals surface area contributed by atoms with E-state index in [4.69, 9.17) is 5.73 Å². The van der Waals surface area contributed by atoms with E-state index < -0.39 is 0 Å². The summed E-state index contributed by atoms with van der Waals surface area (Å²) in [6, 6.07) is 7.52. The van der Waals surface area contributed by atoms with E-state index >= 15 is 0 Å². The second-order valence-electron chi connectivity index (χ2n) is 3.47. The van der Waals surface area contributed by atoms with E-state index in [0.29, 0.717) is 5.65 Å². The number of H-pyrrole nitrogens is 1. The highest BCUT2D eigenvalue weighted by atomic mass is 15.0. The Morgan fingerprint density at radius 1 is 1.12 bits per heavy atom. The number of nitrogens with one attached hydrogen (secondary N) is 1. The summed E-state index contributed by atoms with van der Waals surface area (Å²) in [5.74, 6) is 0.774. The second kappa shape index (κ2) is 3.30. The van der Waals surface area contributed by atoms with Crippen molar-refractivity contribution in [3.63, 3.8) is 0 Å². The number of aromatic nitrogens is 4. The Hall–Kier alpha value is -2.43.